The Balaban J connectivity index is 1.49. The second kappa shape index (κ2) is 15.3. The van der Waals surface area contributed by atoms with E-state index in [1.807, 2.05) is 19.1 Å². The van der Waals surface area contributed by atoms with Crippen LogP contribution in [0.2, 0.25) is 10.0 Å². The molecule has 3 amide bonds. The highest BCUT2D eigenvalue weighted by atomic mass is 35.5. The maximum atomic E-state index is 13.4. The van der Waals surface area contributed by atoms with Crippen LogP contribution in [0.5, 0.6) is 5.75 Å². The normalized spacial score (nSPS) is 11.8. The largest absolute Gasteiger partial charge is 0.494 e. The maximum absolute atomic E-state index is 13.4. The minimum Gasteiger partial charge on any atom is -0.494 e. The van der Waals surface area contributed by atoms with Gasteiger partial charge in [-0.2, -0.15) is 0 Å². The second-order valence-corrected chi connectivity index (χ2v) is 11.4. The number of amides is 3. The van der Waals surface area contributed by atoms with Crippen LogP contribution in [0.25, 0.3) is 6.08 Å². The molecule has 0 aliphatic heterocycles. The van der Waals surface area contributed by atoms with Gasteiger partial charge in [0, 0.05) is 16.1 Å². The molecule has 220 valence electrons. The molecule has 3 N–H and O–H groups in total. The summed E-state index contributed by atoms with van der Waals surface area (Å²) in [6, 6.07) is 27.9. The van der Waals surface area contributed by atoms with Gasteiger partial charge in [0.05, 0.1) is 27.6 Å². The van der Waals surface area contributed by atoms with Crippen molar-refractivity contribution in [3.63, 3.8) is 0 Å². The van der Waals surface area contributed by atoms with E-state index in [1.54, 1.807) is 97.9 Å². The van der Waals surface area contributed by atoms with E-state index in [4.69, 9.17) is 27.9 Å². The van der Waals surface area contributed by atoms with Gasteiger partial charge < -0.3 is 20.7 Å². The van der Waals surface area contributed by atoms with E-state index < -0.39 is 17.1 Å². The molecule has 43 heavy (non-hydrogen) atoms. The lowest BCUT2D eigenvalue weighted by atomic mass is 10.1. The highest BCUT2D eigenvalue weighted by Gasteiger charge is 2.18. The SMILES string of the molecule is CCOc1ccc(/C=C(/NC(=O)c2ccccc2)C(=O)Nc2cccc(SC(C)C(=O)Nc3cccc(Cl)c3Cl)c2)cc1. The Kier molecular flexibility index (Phi) is 11.3. The Morgan fingerprint density at radius 3 is 2.33 bits per heavy atom. The molecule has 0 aliphatic rings. The third kappa shape index (κ3) is 9.12. The molecule has 0 saturated carbocycles. The van der Waals surface area contributed by atoms with E-state index in [0.717, 1.165) is 4.90 Å². The predicted octanol–water partition coefficient (Wildman–Crippen LogP) is 7.92. The van der Waals surface area contributed by atoms with Crippen LogP contribution in [0.15, 0.2) is 108 Å². The van der Waals surface area contributed by atoms with Gasteiger partial charge in [-0.3, -0.25) is 14.4 Å². The van der Waals surface area contributed by atoms with Crippen molar-refractivity contribution < 1.29 is 19.1 Å². The van der Waals surface area contributed by atoms with E-state index in [-0.39, 0.29) is 16.6 Å². The number of nitrogens with one attached hydrogen (secondary N) is 3. The number of hydrogen-bond donors (Lipinski definition) is 3. The highest BCUT2D eigenvalue weighted by molar-refractivity contribution is 8.00. The zero-order valence-electron chi connectivity index (χ0n) is 23.4. The molecule has 4 rings (SSSR count). The Morgan fingerprint density at radius 2 is 1.60 bits per heavy atom. The molecule has 4 aromatic rings. The molecule has 0 aromatic heterocycles. The minimum atomic E-state index is -0.512. The standard InChI is InChI=1S/C33H29Cl2N3O4S/c1-3-42-25-17-15-22(16-18-25)19-29(38-32(40)23-9-5-4-6-10-23)33(41)36-24-11-7-12-26(20-24)43-21(2)31(39)37-28-14-8-13-27(34)30(28)35/h4-21H,3H2,1-2H3,(H,36,41)(H,37,39)(H,38,40)/b29-19+. The molecular formula is C33H29Cl2N3O4S. The molecule has 0 aliphatic carbocycles. The summed E-state index contributed by atoms with van der Waals surface area (Å²) in [4.78, 5) is 40.0. The van der Waals surface area contributed by atoms with Crippen molar-refractivity contribution in [1.82, 2.24) is 5.32 Å². The lowest BCUT2D eigenvalue weighted by Gasteiger charge is -2.15. The van der Waals surface area contributed by atoms with Gasteiger partial charge in [-0.25, -0.2) is 0 Å². The van der Waals surface area contributed by atoms with Crippen molar-refractivity contribution >= 4 is 70.1 Å². The third-order valence-corrected chi connectivity index (χ3v) is 7.93. The van der Waals surface area contributed by atoms with Crippen molar-refractivity contribution in [2.45, 2.75) is 24.0 Å². The van der Waals surface area contributed by atoms with Gasteiger partial charge in [-0.05, 0) is 80.1 Å². The Bertz CT molecular complexity index is 1630. The van der Waals surface area contributed by atoms with Crippen LogP contribution < -0.4 is 20.7 Å². The Hall–Kier alpha value is -4.24. The summed E-state index contributed by atoms with van der Waals surface area (Å²) >= 11 is 13.6. The van der Waals surface area contributed by atoms with Gasteiger partial charge in [0.25, 0.3) is 11.8 Å². The van der Waals surface area contributed by atoms with Gasteiger partial charge in [-0.1, -0.05) is 65.7 Å². The molecule has 0 spiro atoms. The average molecular weight is 635 g/mol. The zero-order valence-corrected chi connectivity index (χ0v) is 25.7. The fraction of sp³-hybridized carbons (Fsp3) is 0.121. The molecule has 1 unspecified atom stereocenters. The van der Waals surface area contributed by atoms with Gasteiger partial charge >= 0.3 is 0 Å². The van der Waals surface area contributed by atoms with Crippen LogP contribution in [-0.4, -0.2) is 29.6 Å². The van der Waals surface area contributed by atoms with Crippen LogP contribution in [0.1, 0.15) is 29.8 Å². The van der Waals surface area contributed by atoms with Gasteiger partial charge in [0.1, 0.15) is 11.4 Å². The van der Waals surface area contributed by atoms with E-state index in [2.05, 4.69) is 16.0 Å². The first-order valence-electron chi connectivity index (χ1n) is 13.4. The molecule has 0 radical (unpaired) electrons. The topological polar surface area (TPSA) is 96.5 Å². The van der Waals surface area contributed by atoms with E-state index in [0.29, 0.717) is 39.9 Å². The van der Waals surface area contributed by atoms with Crippen molar-refractivity contribution in [3.8, 4) is 5.75 Å². The first kappa shape index (κ1) is 31.7. The second-order valence-electron chi connectivity index (χ2n) is 9.21. The summed E-state index contributed by atoms with van der Waals surface area (Å²) in [7, 11) is 0. The molecule has 4 aromatic carbocycles. The minimum absolute atomic E-state index is 0.0576. The van der Waals surface area contributed by atoms with Crippen LogP contribution >= 0.6 is 35.0 Å². The average Bonchev–Trinajstić information content (AvgIpc) is 3.00. The first-order chi connectivity index (χ1) is 20.7. The number of thioether (sulfide) groups is 1. The summed E-state index contributed by atoms with van der Waals surface area (Å²) in [5.41, 5.74) is 2.09. The van der Waals surface area contributed by atoms with Gasteiger partial charge in [0.15, 0.2) is 0 Å². The summed E-state index contributed by atoms with van der Waals surface area (Å²) in [6.45, 7) is 4.20. The van der Waals surface area contributed by atoms with Crippen molar-refractivity contribution in [3.05, 3.63) is 124 Å². The van der Waals surface area contributed by atoms with Crippen LogP contribution in [-0.2, 0) is 9.59 Å². The van der Waals surface area contributed by atoms with Gasteiger partial charge in [0.2, 0.25) is 5.91 Å². The van der Waals surface area contributed by atoms with Crippen molar-refractivity contribution in [2.24, 2.45) is 0 Å². The quantitative estimate of drug-likeness (QED) is 0.115. The maximum Gasteiger partial charge on any atom is 0.272 e. The molecule has 1 atom stereocenters. The predicted molar refractivity (Wildman–Crippen MR) is 175 cm³/mol. The zero-order chi connectivity index (χ0) is 30.8. The third-order valence-electron chi connectivity index (χ3n) is 6.01. The number of halogens is 2. The Morgan fingerprint density at radius 1 is 0.884 bits per heavy atom. The molecule has 0 fully saturated rings. The van der Waals surface area contributed by atoms with Crippen LogP contribution in [0, 0.1) is 0 Å². The number of carbonyl (C=O) groups is 3. The van der Waals surface area contributed by atoms with Crippen LogP contribution in [0.4, 0.5) is 11.4 Å². The van der Waals surface area contributed by atoms with Crippen molar-refractivity contribution in [1.29, 1.82) is 0 Å². The van der Waals surface area contributed by atoms with E-state index in [1.165, 1.54) is 11.8 Å². The highest BCUT2D eigenvalue weighted by Crippen LogP contribution is 2.31. The lowest BCUT2D eigenvalue weighted by molar-refractivity contribution is -0.115. The van der Waals surface area contributed by atoms with Gasteiger partial charge in [-0.15, -0.1) is 11.8 Å². The number of ether oxygens (including phenoxy) is 1. The number of carbonyl (C=O) groups excluding carboxylic acids is 3. The number of anilines is 2. The van der Waals surface area contributed by atoms with E-state index in [9.17, 15) is 14.4 Å². The molecule has 0 bridgehead atoms. The molecule has 0 heterocycles. The smallest absolute Gasteiger partial charge is 0.272 e. The monoisotopic (exact) mass is 633 g/mol. The molecule has 7 nitrogen and oxygen atoms in total. The lowest BCUT2D eigenvalue weighted by Crippen LogP contribution is -2.30. The number of hydrogen-bond acceptors (Lipinski definition) is 5. The fourth-order valence-electron chi connectivity index (χ4n) is 3.87. The van der Waals surface area contributed by atoms with Crippen molar-refractivity contribution in [2.75, 3.05) is 17.2 Å². The summed E-state index contributed by atoms with van der Waals surface area (Å²) in [6.07, 6.45) is 1.60. The molecule has 10 heteroatoms. The number of rotatable bonds is 11. The summed E-state index contributed by atoms with van der Waals surface area (Å²) in [5, 5.41) is 8.52. The van der Waals surface area contributed by atoms with E-state index >= 15 is 0 Å². The summed E-state index contributed by atoms with van der Waals surface area (Å²) < 4.78 is 5.50. The summed E-state index contributed by atoms with van der Waals surface area (Å²) in [5.74, 6) is -0.488. The van der Waals surface area contributed by atoms with Crippen LogP contribution in [0.3, 0.4) is 0 Å². The first-order valence-corrected chi connectivity index (χ1v) is 15.0. The molecule has 0 saturated heterocycles. The number of benzene rings is 4. The molecular weight excluding hydrogens is 605 g/mol. The fourth-order valence-corrected chi connectivity index (χ4v) is 5.15. The Labute approximate surface area is 264 Å².